The van der Waals surface area contributed by atoms with E-state index in [9.17, 15) is 9.59 Å². The summed E-state index contributed by atoms with van der Waals surface area (Å²) < 4.78 is 5.23. The van der Waals surface area contributed by atoms with Gasteiger partial charge >= 0.3 is 0 Å². The van der Waals surface area contributed by atoms with Gasteiger partial charge in [0.1, 0.15) is 5.76 Å². The van der Waals surface area contributed by atoms with Crippen LogP contribution in [0.15, 0.2) is 34.9 Å². The number of amides is 2. The van der Waals surface area contributed by atoms with Gasteiger partial charge in [0.05, 0.1) is 13.0 Å². The summed E-state index contributed by atoms with van der Waals surface area (Å²) in [5.41, 5.74) is 1.07. The van der Waals surface area contributed by atoms with Crippen LogP contribution in [0, 0.1) is 0 Å². The highest BCUT2D eigenvalue weighted by atomic mass is 16.5. The molecular formula is C18H23N3O4. The van der Waals surface area contributed by atoms with E-state index < -0.39 is 0 Å². The summed E-state index contributed by atoms with van der Waals surface area (Å²) in [6.07, 6.45) is 0.163. The molecule has 2 aromatic rings. The van der Waals surface area contributed by atoms with Crippen LogP contribution >= 0.6 is 0 Å². The summed E-state index contributed by atoms with van der Waals surface area (Å²) in [6.45, 7) is 6.09. The zero-order valence-electron chi connectivity index (χ0n) is 14.6. The van der Waals surface area contributed by atoms with Gasteiger partial charge in [0.25, 0.3) is 5.91 Å². The lowest BCUT2D eigenvalue weighted by molar-refractivity contribution is -0.115. The molecule has 1 aromatic heterocycles. The van der Waals surface area contributed by atoms with Crippen LogP contribution in [0.4, 0.5) is 5.82 Å². The second-order valence-corrected chi connectivity index (χ2v) is 6.73. The SMILES string of the molecule is CC(C)(C)c1cc(NC(=O)Cc2ccc(C(=O)NCCO)cc2)no1. The predicted molar refractivity (Wildman–Crippen MR) is 93.4 cm³/mol. The van der Waals surface area contributed by atoms with Crippen molar-refractivity contribution >= 4 is 17.6 Å². The van der Waals surface area contributed by atoms with E-state index in [1.807, 2.05) is 20.8 Å². The van der Waals surface area contributed by atoms with E-state index in [0.29, 0.717) is 17.1 Å². The summed E-state index contributed by atoms with van der Waals surface area (Å²) in [4.78, 5) is 23.8. The Balaban J connectivity index is 1.92. The number of benzene rings is 1. The molecule has 7 heteroatoms. The van der Waals surface area contributed by atoms with Crippen LogP contribution in [-0.2, 0) is 16.6 Å². The Morgan fingerprint density at radius 1 is 1.20 bits per heavy atom. The fourth-order valence-corrected chi connectivity index (χ4v) is 2.11. The fourth-order valence-electron chi connectivity index (χ4n) is 2.11. The van der Waals surface area contributed by atoms with Gasteiger partial charge in [-0.05, 0) is 17.7 Å². The predicted octanol–water partition coefficient (Wildman–Crippen LogP) is 1.88. The average Bonchev–Trinajstić information content (AvgIpc) is 3.02. The molecule has 134 valence electrons. The van der Waals surface area contributed by atoms with Crippen LogP contribution in [0.1, 0.15) is 42.5 Å². The van der Waals surface area contributed by atoms with Gasteiger partial charge in [-0.25, -0.2) is 0 Å². The van der Waals surface area contributed by atoms with Crippen molar-refractivity contribution in [1.82, 2.24) is 10.5 Å². The zero-order chi connectivity index (χ0) is 18.4. The maximum absolute atomic E-state index is 12.1. The lowest BCUT2D eigenvalue weighted by Crippen LogP contribution is -2.26. The van der Waals surface area contributed by atoms with Crippen LogP contribution in [0.5, 0.6) is 0 Å². The topological polar surface area (TPSA) is 104 Å². The number of hydrogen-bond acceptors (Lipinski definition) is 5. The van der Waals surface area contributed by atoms with Crippen molar-refractivity contribution in [3.63, 3.8) is 0 Å². The molecule has 0 radical (unpaired) electrons. The molecule has 0 unspecified atom stereocenters. The van der Waals surface area contributed by atoms with Gasteiger partial charge in [0.15, 0.2) is 5.82 Å². The first-order chi connectivity index (χ1) is 11.8. The molecule has 0 spiro atoms. The second-order valence-electron chi connectivity index (χ2n) is 6.73. The van der Waals surface area contributed by atoms with Crippen LogP contribution < -0.4 is 10.6 Å². The Morgan fingerprint density at radius 2 is 1.88 bits per heavy atom. The van der Waals surface area contributed by atoms with Crippen LogP contribution in [0.2, 0.25) is 0 Å². The number of nitrogens with one attached hydrogen (secondary N) is 2. The monoisotopic (exact) mass is 345 g/mol. The van der Waals surface area contributed by atoms with Gasteiger partial charge in [0.2, 0.25) is 5.91 Å². The molecule has 7 nitrogen and oxygen atoms in total. The van der Waals surface area contributed by atoms with Crippen molar-refractivity contribution in [3.05, 3.63) is 47.2 Å². The van der Waals surface area contributed by atoms with E-state index in [1.165, 1.54) is 0 Å². The lowest BCUT2D eigenvalue weighted by Gasteiger charge is -2.12. The normalized spacial score (nSPS) is 11.2. The first kappa shape index (κ1) is 18.7. The summed E-state index contributed by atoms with van der Waals surface area (Å²) in [7, 11) is 0. The van der Waals surface area contributed by atoms with E-state index in [2.05, 4.69) is 15.8 Å². The van der Waals surface area contributed by atoms with E-state index in [-0.39, 0.29) is 36.8 Å². The number of aliphatic hydroxyl groups excluding tert-OH is 1. The minimum Gasteiger partial charge on any atom is -0.395 e. The number of carbonyl (C=O) groups is 2. The third-order valence-corrected chi connectivity index (χ3v) is 3.50. The highest BCUT2D eigenvalue weighted by Gasteiger charge is 2.20. The van der Waals surface area contributed by atoms with Gasteiger partial charge in [-0.15, -0.1) is 0 Å². The van der Waals surface area contributed by atoms with Gasteiger partial charge < -0.3 is 20.3 Å². The van der Waals surface area contributed by atoms with Crippen molar-refractivity contribution in [3.8, 4) is 0 Å². The molecule has 0 bridgehead atoms. The van der Waals surface area contributed by atoms with Crippen molar-refractivity contribution in [2.45, 2.75) is 32.6 Å². The maximum atomic E-state index is 12.1. The summed E-state index contributed by atoms with van der Waals surface area (Å²) >= 11 is 0. The standard InChI is InChI=1S/C18H23N3O4/c1-18(2,3)14-11-15(21-25-14)20-16(23)10-12-4-6-13(7-5-12)17(24)19-8-9-22/h4-7,11,22H,8-10H2,1-3H3,(H,19,24)(H,20,21,23). The minimum atomic E-state index is -0.262. The molecule has 0 saturated carbocycles. The molecule has 2 amide bonds. The number of rotatable bonds is 6. The lowest BCUT2D eigenvalue weighted by atomic mass is 9.93. The molecule has 0 aliphatic carbocycles. The number of aromatic nitrogens is 1. The van der Waals surface area contributed by atoms with Gasteiger partial charge in [0, 0.05) is 23.6 Å². The molecule has 3 N–H and O–H groups in total. The summed E-state index contributed by atoms with van der Waals surface area (Å²) in [6, 6.07) is 8.44. The number of carbonyl (C=O) groups excluding carboxylic acids is 2. The van der Waals surface area contributed by atoms with Crippen molar-refractivity contribution in [2.75, 3.05) is 18.5 Å². The molecule has 0 atom stereocenters. The zero-order valence-corrected chi connectivity index (χ0v) is 14.6. The van der Waals surface area contributed by atoms with Gasteiger partial charge in [-0.2, -0.15) is 0 Å². The molecular weight excluding hydrogens is 322 g/mol. The van der Waals surface area contributed by atoms with Crippen LogP contribution in [0.3, 0.4) is 0 Å². The van der Waals surface area contributed by atoms with Crippen molar-refractivity contribution in [2.24, 2.45) is 0 Å². The van der Waals surface area contributed by atoms with Gasteiger partial charge in [-0.1, -0.05) is 38.1 Å². The number of nitrogens with zero attached hydrogens (tertiary/aromatic N) is 1. The molecule has 0 aliphatic heterocycles. The molecule has 0 aliphatic rings. The molecule has 1 heterocycles. The van der Waals surface area contributed by atoms with E-state index in [1.54, 1.807) is 30.3 Å². The number of anilines is 1. The van der Waals surface area contributed by atoms with E-state index in [4.69, 9.17) is 9.63 Å². The van der Waals surface area contributed by atoms with E-state index in [0.717, 1.165) is 5.56 Å². The van der Waals surface area contributed by atoms with Gasteiger partial charge in [-0.3, -0.25) is 9.59 Å². The first-order valence-electron chi connectivity index (χ1n) is 8.04. The number of hydrogen-bond donors (Lipinski definition) is 3. The largest absolute Gasteiger partial charge is 0.395 e. The molecule has 2 rings (SSSR count). The average molecular weight is 345 g/mol. The Bertz CT molecular complexity index is 730. The summed E-state index contributed by atoms with van der Waals surface area (Å²) in [5.74, 6) is 0.601. The third-order valence-electron chi connectivity index (χ3n) is 3.50. The first-order valence-corrected chi connectivity index (χ1v) is 8.04. The van der Waals surface area contributed by atoms with E-state index >= 15 is 0 Å². The quantitative estimate of drug-likeness (QED) is 0.741. The second kappa shape index (κ2) is 7.94. The molecule has 0 fully saturated rings. The smallest absolute Gasteiger partial charge is 0.251 e. The summed E-state index contributed by atoms with van der Waals surface area (Å²) in [5, 5.41) is 17.8. The molecule has 25 heavy (non-hydrogen) atoms. The Labute approximate surface area is 146 Å². The Hall–Kier alpha value is -2.67. The molecule has 0 saturated heterocycles. The highest BCUT2D eigenvalue weighted by molar-refractivity contribution is 5.94. The Morgan fingerprint density at radius 3 is 2.44 bits per heavy atom. The fraction of sp³-hybridized carbons (Fsp3) is 0.389. The van der Waals surface area contributed by atoms with Crippen LogP contribution in [0.25, 0.3) is 0 Å². The third kappa shape index (κ3) is 5.42. The maximum Gasteiger partial charge on any atom is 0.251 e. The highest BCUT2D eigenvalue weighted by Crippen LogP contribution is 2.24. The molecule has 1 aromatic carbocycles. The van der Waals surface area contributed by atoms with Crippen molar-refractivity contribution in [1.29, 1.82) is 0 Å². The number of aliphatic hydroxyl groups is 1. The Kier molecular flexibility index (Phi) is 5.93. The van der Waals surface area contributed by atoms with Crippen LogP contribution in [-0.4, -0.2) is 35.2 Å². The minimum absolute atomic E-state index is 0.108. The van der Waals surface area contributed by atoms with Crippen molar-refractivity contribution < 1.29 is 19.2 Å².